The second kappa shape index (κ2) is 9.45. The van der Waals surface area contributed by atoms with Crippen molar-refractivity contribution >= 4 is 33.7 Å². The van der Waals surface area contributed by atoms with Gasteiger partial charge in [0, 0.05) is 22.0 Å². The summed E-state index contributed by atoms with van der Waals surface area (Å²) in [6.45, 7) is 4.86. The molecule has 35 heavy (non-hydrogen) atoms. The van der Waals surface area contributed by atoms with Gasteiger partial charge in [-0.1, -0.05) is 18.2 Å². The molecule has 2 aliphatic rings. The van der Waals surface area contributed by atoms with Crippen molar-refractivity contribution in [2.75, 3.05) is 25.2 Å². The number of ether oxygens (including phenoxy) is 2. The highest BCUT2D eigenvalue weighted by atomic mass is 32.1. The first-order chi connectivity index (χ1) is 17.1. The molecule has 1 fully saturated rings. The van der Waals surface area contributed by atoms with Gasteiger partial charge in [-0.15, -0.1) is 11.3 Å². The Morgan fingerprint density at radius 3 is 2.77 bits per heavy atom. The van der Waals surface area contributed by atoms with Crippen molar-refractivity contribution in [2.24, 2.45) is 5.92 Å². The highest BCUT2D eigenvalue weighted by molar-refractivity contribution is 7.10. The number of aromatic nitrogens is 2. The standard InChI is InChI=1S/C27H28N4O3S/c1-17-4-2-5-20-25(17)29-24(30-27(20)28-19-7-8-21-22(14-19)34-16-33-21)15-31-11-9-18(10-12-31)26(32)23-6-3-13-35-23/h2-8,13-14,18,26,32H,9-12,15-16H2,1H3,(H,28,29,30). The molecule has 180 valence electrons. The van der Waals surface area contributed by atoms with Crippen molar-refractivity contribution in [3.63, 3.8) is 0 Å². The van der Waals surface area contributed by atoms with Crippen molar-refractivity contribution in [1.82, 2.24) is 14.9 Å². The summed E-state index contributed by atoms with van der Waals surface area (Å²) in [5.41, 5.74) is 2.98. The molecule has 4 heterocycles. The molecule has 1 saturated heterocycles. The fourth-order valence-corrected chi connectivity index (χ4v) is 5.74. The van der Waals surface area contributed by atoms with Gasteiger partial charge < -0.3 is 19.9 Å². The first-order valence-electron chi connectivity index (χ1n) is 12.0. The van der Waals surface area contributed by atoms with E-state index in [1.165, 1.54) is 0 Å². The van der Waals surface area contributed by atoms with Gasteiger partial charge in [0.2, 0.25) is 6.79 Å². The molecule has 2 N–H and O–H groups in total. The minimum absolute atomic E-state index is 0.250. The number of nitrogens with one attached hydrogen (secondary N) is 1. The van der Waals surface area contributed by atoms with E-state index >= 15 is 0 Å². The van der Waals surface area contributed by atoms with Gasteiger partial charge >= 0.3 is 0 Å². The number of aliphatic hydroxyl groups is 1. The quantitative estimate of drug-likeness (QED) is 0.375. The zero-order valence-corrected chi connectivity index (χ0v) is 20.4. The van der Waals surface area contributed by atoms with Crippen molar-refractivity contribution < 1.29 is 14.6 Å². The number of benzene rings is 2. The average molecular weight is 489 g/mol. The Hall–Kier alpha value is -3.20. The number of aryl methyl sites for hydroxylation is 1. The van der Waals surface area contributed by atoms with Crippen molar-refractivity contribution in [3.05, 3.63) is 70.2 Å². The Kier molecular flexibility index (Phi) is 6.01. The lowest BCUT2D eigenvalue weighted by atomic mass is 9.90. The molecule has 0 aliphatic carbocycles. The number of nitrogens with zero attached hydrogens (tertiary/aromatic N) is 3. The third kappa shape index (κ3) is 4.57. The van der Waals surface area contributed by atoms with E-state index in [2.05, 4.69) is 29.3 Å². The number of para-hydroxylation sites is 1. The maximum Gasteiger partial charge on any atom is 0.231 e. The second-order valence-electron chi connectivity index (χ2n) is 9.23. The minimum atomic E-state index is -0.366. The van der Waals surface area contributed by atoms with Gasteiger partial charge in [0.1, 0.15) is 11.6 Å². The number of hydrogen-bond acceptors (Lipinski definition) is 8. The van der Waals surface area contributed by atoms with Crippen LogP contribution in [0, 0.1) is 12.8 Å². The number of piperidine rings is 1. The summed E-state index contributed by atoms with van der Waals surface area (Å²) < 4.78 is 11.0. The molecule has 0 saturated carbocycles. The molecule has 0 spiro atoms. The number of thiophene rings is 1. The van der Waals surface area contributed by atoms with Gasteiger partial charge in [0.25, 0.3) is 0 Å². The van der Waals surface area contributed by atoms with Crippen LogP contribution in [0.15, 0.2) is 53.9 Å². The molecule has 4 aromatic rings. The Bertz CT molecular complexity index is 1340. The highest BCUT2D eigenvalue weighted by Crippen LogP contribution is 2.36. The molecule has 2 aliphatic heterocycles. The van der Waals surface area contributed by atoms with Crippen molar-refractivity contribution in [1.29, 1.82) is 0 Å². The molecule has 1 atom stereocenters. The number of anilines is 2. The normalized spacial score (nSPS) is 17.1. The zero-order valence-electron chi connectivity index (χ0n) is 19.6. The maximum atomic E-state index is 10.7. The van der Waals surface area contributed by atoms with Crippen LogP contribution in [0.2, 0.25) is 0 Å². The predicted molar refractivity (Wildman–Crippen MR) is 137 cm³/mol. The SMILES string of the molecule is Cc1cccc2c(Nc3ccc4c(c3)OCO4)nc(CN3CCC(C(O)c4cccs4)CC3)nc12. The summed E-state index contributed by atoms with van der Waals surface area (Å²) in [4.78, 5) is 13.3. The van der Waals surface area contributed by atoms with Crippen LogP contribution in [-0.2, 0) is 6.54 Å². The highest BCUT2D eigenvalue weighted by Gasteiger charge is 2.27. The molecule has 0 radical (unpaired) electrons. The van der Waals surface area contributed by atoms with Gasteiger partial charge in [-0.3, -0.25) is 4.90 Å². The summed E-state index contributed by atoms with van der Waals surface area (Å²) in [7, 11) is 0. The van der Waals surface area contributed by atoms with E-state index in [9.17, 15) is 5.11 Å². The van der Waals surface area contributed by atoms with Gasteiger partial charge in [-0.2, -0.15) is 0 Å². The molecule has 2 aromatic heterocycles. The minimum Gasteiger partial charge on any atom is -0.454 e. The van der Waals surface area contributed by atoms with E-state index in [4.69, 9.17) is 19.4 Å². The van der Waals surface area contributed by atoms with Gasteiger partial charge in [-0.05, 0) is 74.0 Å². The van der Waals surface area contributed by atoms with Crippen molar-refractivity contribution in [3.8, 4) is 11.5 Å². The van der Waals surface area contributed by atoms with E-state index in [0.29, 0.717) is 12.5 Å². The summed E-state index contributed by atoms with van der Waals surface area (Å²) >= 11 is 1.63. The number of likely N-dealkylation sites (tertiary alicyclic amines) is 1. The predicted octanol–water partition coefficient (Wildman–Crippen LogP) is 5.42. The Labute approximate surface area is 208 Å². The maximum absolute atomic E-state index is 10.7. The number of rotatable bonds is 6. The Balaban J connectivity index is 1.21. The summed E-state index contributed by atoms with van der Waals surface area (Å²) in [6, 6.07) is 16.0. The van der Waals surface area contributed by atoms with Gasteiger partial charge in [0.05, 0.1) is 18.2 Å². The number of aliphatic hydroxyl groups excluding tert-OH is 1. The first-order valence-corrected chi connectivity index (χ1v) is 12.9. The molecule has 7 nitrogen and oxygen atoms in total. The average Bonchev–Trinajstić information content (AvgIpc) is 3.57. The van der Waals surface area contributed by atoms with E-state index in [0.717, 1.165) is 76.1 Å². The first kappa shape index (κ1) is 22.3. The monoisotopic (exact) mass is 488 g/mol. The van der Waals surface area contributed by atoms with Crippen LogP contribution in [-0.4, -0.2) is 39.9 Å². The number of fused-ring (bicyclic) bond motifs is 2. The molecular formula is C27H28N4O3S. The van der Waals surface area contributed by atoms with Crippen LogP contribution >= 0.6 is 11.3 Å². The van der Waals surface area contributed by atoms with Crippen LogP contribution in [0.1, 0.15) is 35.2 Å². The molecule has 1 unspecified atom stereocenters. The zero-order chi connectivity index (χ0) is 23.8. The van der Waals surface area contributed by atoms with Crippen LogP contribution in [0.5, 0.6) is 11.5 Å². The van der Waals surface area contributed by atoms with Crippen LogP contribution in [0.25, 0.3) is 10.9 Å². The number of hydrogen-bond donors (Lipinski definition) is 2. The molecule has 6 rings (SSSR count). The van der Waals surface area contributed by atoms with Gasteiger partial charge in [-0.25, -0.2) is 9.97 Å². The molecule has 0 amide bonds. The van der Waals surface area contributed by atoms with Gasteiger partial charge in [0.15, 0.2) is 11.5 Å². The Morgan fingerprint density at radius 2 is 1.94 bits per heavy atom. The van der Waals surface area contributed by atoms with E-state index in [-0.39, 0.29) is 12.9 Å². The molecule has 8 heteroatoms. The summed E-state index contributed by atoms with van der Waals surface area (Å²) in [5.74, 6) is 3.38. The van der Waals surface area contributed by atoms with Crippen LogP contribution in [0.4, 0.5) is 11.5 Å². The van der Waals surface area contributed by atoms with Crippen LogP contribution < -0.4 is 14.8 Å². The molecule has 0 bridgehead atoms. The largest absolute Gasteiger partial charge is 0.454 e. The lowest BCUT2D eigenvalue weighted by Gasteiger charge is -2.33. The Morgan fingerprint density at radius 1 is 1.09 bits per heavy atom. The third-order valence-corrected chi connectivity index (χ3v) is 7.83. The summed E-state index contributed by atoms with van der Waals surface area (Å²) in [5, 5.41) is 17.2. The van der Waals surface area contributed by atoms with E-state index < -0.39 is 0 Å². The molecule has 2 aromatic carbocycles. The van der Waals surface area contributed by atoms with Crippen LogP contribution in [0.3, 0.4) is 0 Å². The van der Waals surface area contributed by atoms with E-state index in [1.54, 1.807) is 11.3 Å². The fraction of sp³-hybridized carbons (Fsp3) is 0.333. The lowest BCUT2D eigenvalue weighted by Crippen LogP contribution is -2.35. The smallest absolute Gasteiger partial charge is 0.231 e. The topological polar surface area (TPSA) is 79.7 Å². The lowest BCUT2D eigenvalue weighted by molar-refractivity contribution is 0.0584. The fourth-order valence-electron chi connectivity index (χ4n) is 4.94. The molecular weight excluding hydrogens is 460 g/mol. The third-order valence-electron chi connectivity index (χ3n) is 6.89. The summed E-state index contributed by atoms with van der Waals surface area (Å²) in [6.07, 6.45) is 1.57. The van der Waals surface area contributed by atoms with E-state index in [1.807, 2.05) is 41.8 Å². The van der Waals surface area contributed by atoms with Crippen molar-refractivity contribution in [2.45, 2.75) is 32.4 Å². The second-order valence-corrected chi connectivity index (χ2v) is 10.2.